The topological polar surface area (TPSA) is 30.0 Å². The zero-order valence-corrected chi connectivity index (χ0v) is 10.9. The number of rotatable bonds is 0. The average Bonchev–Trinajstić information content (AvgIpc) is 0. The molecule has 0 atom stereocenters. The second-order valence-corrected chi connectivity index (χ2v) is 0. The van der Waals surface area contributed by atoms with Crippen molar-refractivity contribution in [3.8, 4) is 0 Å². The minimum atomic E-state index is 0. The van der Waals surface area contributed by atoms with Crippen LogP contribution in [0.5, 0.6) is 0 Å². The molecule has 0 aromatic heterocycles. The van der Waals surface area contributed by atoms with Crippen molar-refractivity contribution in [1.82, 2.24) is 0 Å². The fourth-order valence-corrected chi connectivity index (χ4v) is 0. The molecule has 0 spiro atoms. The molecular weight excluding hydrogens is 236 g/mol. The van der Waals surface area contributed by atoms with E-state index in [1.807, 2.05) is 0 Å². The summed E-state index contributed by atoms with van der Waals surface area (Å²) in [6.07, 6.45) is 0. The van der Waals surface area contributed by atoms with E-state index in [0.29, 0.717) is 0 Å². The summed E-state index contributed by atoms with van der Waals surface area (Å²) in [6.45, 7) is 0. The van der Waals surface area contributed by atoms with E-state index in [4.69, 9.17) is 0 Å². The van der Waals surface area contributed by atoms with Gasteiger partial charge in [0.2, 0.25) is 0 Å². The first-order chi connectivity index (χ1) is 0. The predicted molar refractivity (Wildman–Crippen MR) is 9.08 cm³/mol. The monoisotopic (exact) mass is 237 g/mol. The van der Waals surface area contributed by atoms with Gasteiger partial charge in [-0.2, -0.15) is 0 Å². The maximum absolute atomic E-state index is 0. The van der Waals surface area contributed by atoms with Gasteiger partial charge in [0.05, 0.1) is 0 Å². The van der Waals surface area contributed by atoms with Crippen molar-refractivity contribution >= 4 is 37.7 Å². The molecule has 0 aromatic carbocycles. The summed E-state index contributed by atoms with van der Waals surface area (Å²) >= 11 is 0. The van der Waals surface area contributed by atoms with Crippen molar-refractivity contribution in [3.05, 3.63) is 0 Å². The molecule has 0 saturated heterocycles. The number of hydrogen-bond acceptors (Lipinski definition) is 1. The van der Waals surface area contributed by atoms with Crippen molar-refractivity contribution in [2.75, 3.05) is 0 Å². The van der Waals surface area contributed by atoms with E-state index in [1.165, 1.54) is 0 Å². The average molecular weight is 238 g/mol. The van der Waals surface area contributed by atoms with Crippen LogP contribution in [-0.4, -0.2) is 43.2 Å². The van der Waals surface area contributed by atoms with Gasteiger partial charge in [-0.25, -0.2) is 0 Å². The van der Waals surface area contributed by atoms with Crippen molar-refractivity contribution in [3.63, 3.8) is 0 Å². The van der Waals surface area contributed by atoms with Gasteiger partial charge in [0.25, 0.3) is 0 Å². The van der Waals surface area contributed by atoms with E-state index in [-0.39, 0.29) is 102 Å². The van der Waals surface area contributed by atoms with Crippen molar-refractivity contribution in [2.24, 2.45) is 0 Å². The Morgan fingerprint density at radius 3 is 1.00 bits per heavy atom. The third-order valence-electron chi connectivity index (χ3n) is 0. The Morgan fingerprint density at radius 1 is 1.00 bits per heavy atom. The third-order valence-corrected chi connectivity index (χ3v) is 0. The Bertz CT molecular complexity index is 8.00. The van der Waals surface area contributed by atoms with Crippen LogP contribution in [0.15, 0.2) is 0 Å². The molecule has 0 bridgehead atoms. The first kappa shape index (κ1) is 27.0. The molecule has 1 N–H and O–H groups in total. The largest absolute Gasteiger partial charge is 0.870 e. The molecule has 1 radical (unpaired) electrons. The molecule has 0 aliphatic heterocycles. The van der Waals surface area contributed by atoms with Gasteiger partial charge in [0.15, 0.2) is 0 Å². The minimum Gasteiger partial charge on any atom is -0.870 e. The van der Waals surface area contributed by atoms with Crippen LogP contribution in [0.3, 0.4) is 0 Å². The normalized spacial score (nSPS) is 0. The van der Waals surface area contributed by atoms with Crippen LogP contribution in [0, 0.1) is 0 Å². The molecule has 0 unspecified atom stereocenters. The molecule has 17 valence electrons. The van der Waals surface area contributed by atoms with Gasteiger partial charge in [-0.05, 0) is 0 Å². The fraction of sp³-hybridized carbons (Fsp3) is 0. The van der Waals surface area contributed by atoms with Crippen LogP contribution in [0.4, 0.5) is 0 Å². The Kier molecular flexibility index (Phi) is 110. The molecule has 0 aromatic rings. The maximum Gasteiger partial charge on any atom is 0 e. The van der Waals surface area contributed by atoms with Gasteiger partial charge in [0.1, 0.15) is 0 Å². The van der Waals surface area contributed by atoms with E-state index in [2.05, 4.69) is 0 Å². The summed E-state index contributed by atoms with van der Waals surface area (Å²) in [5.41, 5.74) is 0. The minimum absolute atomic E-state index is 0. The van der Waals surface area contributed by atoms with Gasteiger partial charge in [-0.3, -0.25) is 0 Å². The molecule has 0 aliphatic rings. The van der Waals surface area contributed by atoms with Crippen molar-refractivity contribution < 1.29 is 64.4 Å². The summed E-state index contributed by atoms with van der Waals surface area (Å²) in [5, 5.41) is 0. The molecule has 0 heterocycles. The second-order valence-electron chi connectivity index (χ2n) is 0. The van der Waals surface area contributed by atoms with E-state index < -0.39 is 0 Å². The van der Waals surface area contributed by atoms with Gasteiger partial charge < -0.3 is 5.48 Å². The van der Waals surface area contributed by atoms with Crippen molar-refractivity contribution in [2.45, 2.75) is 0 Å². The summed E-state index contributed by atoms with van der Waals surface area (Å²) < 4.78 is 0. The Hall–Kier alpha value is 3.21. The molecule has 0 amide bonds. The van der Waals surface area contributed by atoms with Crippen LogP contribution in [-0.2, 0) is 58.9 Å². The third kappa shape index (κ3) is 8.96. The van der Waals surface area contributed by atoms with Gasteiger partial charge in [0, 0.05) is 58.9 Å². The molecule has 0 rings (SSSR count). The van der Waals surface area contributed by atoms with Gasteiger partial charge >= 0.3 is 37.7 Å². The first-order valence-corrected chi connectivity index (χ1v) is 0. The zero-order chi connectivity index (χ0) is 0. The Balaban J connectivity index is 0. The smallest absolute Gasteiger partial charge is 0 e. The molecular formula is H2CaOYZr. The maximum atomic E-state index is 0. The van der Waals surface area contributed by atoms with Crippen LogP contribution in [0.25, 0.3) is 0 Å². The summed E-state index contributed by atoms with van der Waals surface area (Å²) in [5.74, 6) is 0. The first-order valence-electron chi connectivity index (χ1n) is 0. The molecule has 4 heteroatoms. The molecule has 0 saturated carbocycles. The van der Waals surface area contributed by atoms with Gasteiger partial charge in [-0.1, -0.05) is 0 Å². The molecule has 1 nitrogen and oxygen atoms in total. The second kappa shape index (κ2) is 16.4. The molecule has 0 fully saturated rings. The van der Waals surface area contributed by atoms with Crippen LogP contribution in [0.1, 0.15) is 0 Å². The van der Waals surface area contributed by atoms with Crippen molar-refractivity contribution in [1.29, 1.82) is 0 Å². The standard InChI is InChI=1S/Ca.H2O.Y.Zr.H/h;1H2;;;/q+1;;;;/p-1. The van der Waals surface area contributed by atoms with Crippen LogP contribution >= 0.6 is 0 Å². The predicted octanol–water partition coefficient (Wildman–Crippen LogP) is -0.830. The fourth-order valence-electron chi connectivity index (χ4n) is 0. The van der Waals surface area contributed by atoms with Gasteiger partial charge in [-0.15, -0.1) is 0 Å². The number of hydrogen-bond donors (Lipinski definition) is 0. The summed E-state index contributed by atoms with van der Waals surface area (Å²) in [7, 11) is 0. The van der Waals surface area contributed by atoms with Crippen LogP contribution in [0.2, 0.25) is 0 Å². The van der Waals surface area contributed by atoms with E-state index in [0.717, 1.165) is 0 Å². The van der Waals surface area contributed by atoms with E-state index in [9.17, 15) is 0 Å². The van der Waals surface area contributed by atoms with Crippen LogP contribution < -0.4 is 0 Å². The Morgan fingerprint density at radius 2 is 1.00 bits per heavy atom. The Labute approximate surface area is 99.6 Å². The summed E-state index contributed by atoms with van der Waals surface area (Å²) in [6, 6.07) is 0. The SMILES string of the molecule is [CaH+].[OH-].[Y].[Zr]. The zero-order valence-electron chi connectivity index (χ0n) is 2.52. The quantitative estimate of drug-likeness (QED) is 0.507. The summed E-state index contributed by atoms with van der Waals surface area (Å²) in [4.78, 5) is 0. The molecule has 0 aliphatic carbocycles. The molecule has 4 heavy (non-hydrogen) atoms. The van der Waals surface area contributed by atoms with E-state index >= 15 is 0 Å². The van der Waals surface area contributed by atoms with E-state index in [1.54, 1.807) is 0 Å².